The number of rotatable bonds is 4. The number of para-hydroxylation sites is 3. The van der Waals surface area contributed by atoms with E-state index in [0.717, 1.165) is 66.8 Å². The van der Waals surface area contributed by atoms with Crippen LogP contribution >= 0.6 is 11.8 Å². The zero-order chi connectivity index (χ0) is 40.1. The zero-order valence-electron chi connectivity index (χ0n) is 33.0. The lowest BCUT2D eigenvalue weighted by Crippen LogP contribution is -2.31. The van der Waals surface area contributed by atoms with Crippen molar-refractivity contribution >= 4 is 44.5 Å². The van der Waals surface area contributed by atoms with Crippen LogP contribution in [0.3, 0.4) is 0 Å². The molecule has 11 aromatic rings. The van der Waals surface area contributed by atoms with Crippen LogP contribution in [0.2, 0.25) is 0 Å². The second-order valence-electron chi connectivity index (χ2n) is 16.0. The summed E-state index contributed by atoms with van der Waals surface area (Å²) in [5.74, 6) is 0.925. The van der Waals surface area contributed by atoms with Gasteiger partial charge in [0, 0.05) is 42.8 Å². The lowest BCUT2D eigenvalue weighted by Gasteiger charge is -2.39. The monoisotopic (exact) mass is 793 g/mol. The number of hydrogen-bond donors (Lipinski definition) is 0. The Morgan fingerprint density at radius 1 is 0.410 bits per heavy atom. The Labute approximate surface area is 357 Å². The van der Waals surface area contributed by atoms with Gasteiger partial charge in [-0.25, -0.2) is 9.97 Å². The van der Waals surface area contributed by atoms with Crippen molar-refractivity contribution in [1.82, 2.24) is 14.5 Å². The van der Waals surface area contributed by atoms with Gasteiger partial charge in [-0.15, -0.1) is 0 Å². The van der Waals surface area contributed by atoms with Crippen LogP contribution in [0.15, 0.2) is 222 Å². The third-order valence-corrected chi connectivity index (χ3v) is 14.0. The number of hydrogen-bond acceptors (Lipinski definition) is 3. The van der Waals surface area contributed by atoms with Crippen molar-refractivity contribution in [3.63, 3.8) is 0 Å². The molecule has 0 fully saturated rings. The first-order chi connectivity index (χ1) is 30.3. The molecule has 0 bridgehead atoms. The SMILES string of the molecule is c1ccc(-c2nc3ccc(-c4ccc(-c5nc6ccccc6n5-c5ccccc5)cc4)cc3c3c4c(ccc23)C2(c3ccccc3Sc3ccccc32)c2ccccc2-4)cc1. The van der Waals surface area contributed by atoms with Crippen LogP contribution in [0.5, 0.6) is 0 Å². The van der Waals surface area contributed by atoms with Gasteiger partial charge in [0.05, 0.1) is 27.7 Å². The molecule has 2 aliphatic rings. The van der Waals surface area contributed by atoms with E-state index in [9.17, 15) is 0 Å². The fraction of sp³-hybridized carbons (Fsp3) is 0.0175. The van der Waals surface area contributed by atoms with E-state index in [1.54, 1.807) is 0 Å². The maximum Gasteiger partial charge on any atom is 0.145 e. The summed E-state index contributed by atoms with van der Waals surface area (Å²) in [5.41, 5.74) is 17.0. The van der Waals surface area contributed by atoms with Crippen LogP contribution in [-0.4, -0.2) is 14.5 Å². The van der Waals surface area contributed by atoms with Gasteiger partial charge >= 0.3 is 0 Å². The van der Waals surface area contributed by atoms with Gasteiger partial charge in [-0.3, -0.25) is 4.57 Å². The third kappa shape index (κ3) is 4.94. The van der Waals surface area contributed by atoms with Crippen molar-refractivity contribution in [3.05, 3.63) is 235 Å². The number of nitrogens with zero attached hydrogens (tertiary/aromatic N) is 3. The van der Waals surface area contributed by atoms with Gasteiger partial charge in [0.25, 0.3) is 0 Å². The minimum absolute atomic E-state index is 0.468. The van der Waals surface area contributed by atoms with Crippen LogP contribution in [0.1, 0.15) is 22.3 Å². The molecule has 0 radical (unpaired) electrons. The molecular weight excluding hydrogens is 759 g/mol. The molecule has 284 valence electrons. The van der Waals surface area contributed by atoms with E-state index >= 15 is 0 Å². The summed E-state index contributed by atoms with van der Waals surface area (Å²) in [6.07, 6.45) is 0. The minimum Gasteiger partial charge on any atom is -0.292 e. The largest absolute Gasteiger partial charge is 0.292 e. The fourth-order valence-corrected chi connectivity index (χ4v) is 11.5. The summed E-state index contributed by atoms with van der Waals surface area (Å²) in [7, 11) is 0. The molecule has 0 saturated carbocycles. The van der Waals surface area contributed by atoms with Crippen LogP contribution < -0.4 is 0 Å². The standard InChI is InChI=1S/C57H35N3S/c1-3-15-37(16-4-1)55-42-32-33-47-54(41-19-7-8-20-44(41)57(47)45-21-9-13-25-51(45)61-52-26-14-10-22-46(52)57)53(42)43-35-39(31-34-48(43)58-55)36-27-29-38(30-28-36)56-59-49-23-11-12-24-50(49)60(56)40-17-5-2-6-18-40/h1-35H. The number of aromatic nitrogens is 3. The zero-order valence-corrected chi connectivity index (χ0v) is 33.8. The Kier molecular flexibility index (Phi) is 7.45. The highest BCUT2D eigenvalue weighted by Gasteiger charge is 2.50. The summed E-state index contributed by atoms with van der Waals surface area (Å²) in [6.45, 7) is 0. The van der Waals surface area contributed by atoms with Gasteiger partial charge < -0.3 is 0 Å². The molecule has 0 atom stereocenters. The van der Waals surface area contributed by atoms with E-state index in [0.29, 0.717) is 0 Å². The van der Waals surface area contributed by atoms with Crippen LogP contribution in [0.25, 0.3) is 83.3 Å². The summed E-state index contributed by atoms with van der Waals surface area (Å²) in [5, 5.41) is 3.55. The molecule has 0 N–H and O–H groups in total. The highest BCUT2D eigenvalue weighted by atomic mass is 32.2. The summed E-state index contributed by atoms with van der Waals surface area (Å²) < 4.78 is 2.26. The van der Waals surface area contributed by atoms with Gasteiger partial charge in [0.1, 0.15) is 5.82 Å². The predicted octanol–water partition coefficient (Wildman–Crippen LogP) is 14.6. The molecule has 3 nitrogen and oxygen atoms in total. The molecule has 9 aromatic carbocycles. The van der Waals surface area contributed by atoms with Gasteiger partial charge in [-0.1, -0.05) is 176 Å². The average Bonchev–Trinajstić information content (AvgIpc) is 3.86. The topological polar surface area (TPSA) is 30.7 Å². The van der Waals surface area contributed by atoms with E-state index in [1.165, 1.54) is 48.6 Å². The number of fused-ring (bicyclic) bond motifs is 14. The van der Waals surface area contributed by atoms with Gasteiger partial charge in [0.2, 0.25) is 0 Å². The second-order valence-corrected chi connectivity index (χ2v) is 17.1. The van der Waals surface area contributed by atoms with E-state index in [-0.39, 0.29) is 0 Å². The highest BCUT2D eigenvalue weighted by Crippen LogP contribution is 2.63. The molecule has 13 rings (SSSR count). The van der Waals surface area contributed by atoms with Crippen LogP contribution in [-0.2, 0) is 5.41 Å². The third-order valence-electron chi connectivity index (χ3n) is 12.9. The van der Waals surface area contributed by atoms with Crippen molar-refractivity contribution in [2.75, 3.05) is 0 Å². The molecule has 0 saturated heterocycles. The maximum atomic E-state index is 5.46. The second kappa shape index (κ2) is 13.2. The van der Waals surface area contributed by atoms with Gasteiger partial charge in [-0.05, 0) is 93.0 Å². The molecule has 3 heterocycles. The highest BCUT2D eigenvalue weighted by molar-refractivity contribution is 7.99. The molecule has 0 unspecified atom stereocenters. The Morgan fingerprint density at radius 3 is 1.80 bits per heavy atom. The first-order valence-electron chi connectivity index (χ1n) is 20.8. The van der Waals surface area contributed by atoms with Gasteiger partial charge in [0.15, 0.2) is 0 Å². The molecule has 1 aliphatic heterocycles. The molecule has 1 spiro atoms. The predicted molar refractivity (Wildman–Crippen MR) is 252 cm³/mol. The van der Waals surface area contributed by atoms with Crippen LogP contribution in [0.4, 0.5) is 0 Å². The Morgan fingerprint density at radius 2 is 1.03 bits per heavy atom. The van der Waals surface area contributed by atoms with Crippen molar-refractivity contribution in [2.24, 2.45) is 0 Å². The summed E-state index contributed by atoms with van der Waals surface area (Å²) >= 11 is 1.88. The normalized spacial score (nSPS) is 13.3. The summed E-state index contributed by atoms with van der Waals surface area (Å²) in [6, 6.07) is 77.2. The Hall–Kier alpha value is -7.53. The van der Waals surface area contributed by atoms with E-state index in [4.69, 9.17) is 9.97 Å². The first-order valence-corrected chi connectivity index (χ1v) is 21.6. The number of pyridine rings is 1. The molecule has 4 heteroatoms. The summed E-state index contributed by atoms with van der Waals surface area (Å²) in [4.78, 5) is 13.2. The number of benzene rings is 9. The molecule has 61 heavy (non-hydrogen) atoms. The smallest absolute Gasteiger partial charge is 0.145 e. The average molecular weight is 794 g/mol. The van der Waals surface area contributed by atoms with Crippen molar-refractivity contribution in [3.8, 4) is 50.6 Å². The molecule has 1 aliphatic carbocycles. The first kappa shape index (κ1) is 34.3. The van der Waals surface area contributed by atoms with Crippen molar-refractivity contribution < 1.29 is 0 Å². The maximum absolute atomic E-state index is 5.46. The van der Waals surface area contributed by atoms with Crippen LogP contribution in [0, 0.1) is 0 Å². The Bertz CT molecular complexity index is 3510. The Balaban J connectivity index is 1.06. The lowest BCUT2D eigenvalue weighted by molar-refractivity contribution is 0.723. The van der Waals surface area contributed by atoms with E-state index in [1.807, 2.05) is 11.8 Å². The van der Waals surface area contributed by atoms with E-state index < -0.39 is 5.41 Å². The fourth-order valence-electron chi connectivity index (χ4n) is 10.3. The van der Waals surface area contributed by atoms with Crippen molar-refractivity contribution in [2.45, 2.75) is 15.2 Å². The van der Waals surface area contributed by atoms with E-state index in [2.05, 4.69) is 217 Å². The number of imidazole rings is 1. The molecular formula is C57H35N3S. The molecule has 2 aromatic heterocycles. The van der Waals surface area contributed by atoms with Crippen molar-refractivity contribution in [1.29, 1.82) is 0 Å². The minimum atomic E-state index is -0.468. The van der Waals surface area contributed by atoms with Gasteiger partial charge in [-0.2, -0.15) is 0 Å². The lowest BCUT2D eigenvalue weighted by atomic mass is 9.67. The quantitative estimate of drug-likeness (QED) is 0.166. The molecule has 0 amide bonds.